The molecule has 0 spiro atoms. The van der Waals surface area contributed by atoms with E-state index >= 15 is 0 Å². The van der Waals surface area contributed by atoms with E-state index in [1.54, 1.807) is 12.1 Å². The molecule has 39 heavy (non-hydrogen) atoms. The predicted molar refractivity (Wildman–Crippen MR) is 131 cm³/mol. The highest BCUT2D eigenvalue weighted by atomic mass is 32.2. The molecule has 2 atom stereocenters. The van der Waals surface area contributed by atoms with Crippen LogP contribution >= 0.6 is 0 Å². The van der Waals surface area contributed by atoms with Gasteiger partial charge in [0.05, 0.1) is 9.79 Å². The molecule has 4 rings (SSSR count). The molecule has 1 amide bonds. The molecule has 0 unspecified atom stereocenters. The number of carbonyl (C=O) groups excluding carboxylic acids is 1. The topological polar surface area (TPSA) is 142 Å². The maximum Gasteiger partial charge on any atom is 0.573 e. The molecule has 1 heterocycles. The minimum Gasteiger partial charge on any atom is -0.406 e. The van der Waals surface area contributed by atoms with Gasteiger partial charge in [-0.25, -0.2) is 27.0 Å². The number of amides is 1. The van der Waals surface area contributed by atoms with Gasteiger partial charge in [-0.2, -0.15) is 4.31 Å². The average molecular weight is 586 g/mol. The van der Waals surface area contributed by atoms with Gasteiger partial charge in [0.15, 0.2) is 0 Å². The Hall–Kier alpha value is -3.50. The van der Waals surface area contributed by atoms with Crippen LogP contribution in [-0.2, 0) is 24.8 Å². The fraction of sp³-hybridized carbons (Fsp3) is 0.208. The van der Waals surface area contributed by atoms with Crippen LogP contribution in [0.1, 0.15) is 6.42 Å². The quantitative estimate of drug-likeness (QED) is 0.273. The fourth-order valence-corrected chi connectivity index (χ4v) is 7.05. The zero-order chi connectivity index (χ0) is 28.4. The van der Waals surface area contributed by atoms with Crippen molar-refractivity contribution in [3.05, 3.63) is 78.9 Å². The number of benzene rings is 3. The third kappa shape index (κ3) is 6.57. The Bertz CT molecular complexity index is 1530. The lowest BCUT2D eigenvalue weighted by Gasteiger charge is -2.22. The standard InChI is InChI=1S/C24H22F3N3O7S2/c25-24(26,27)37-19-8-12-21(13-9-19)39(35,36)30-15-18(14-22(30)23(31)28-32)29-38(33,34)20-10-6-17(7-11-20)16-4-2-1-3-5-16/h1-13,18,22,29,32H,14-15H2,(H,28,31)/t18-,22+/m0/s1. The van der Waals surface area contributed by atoms with E-state index in [0.717, 1.165) is 35.4 Å². The predicted octanol–water partition coefficient (Wildman–Crippen LogP) is 2.87. The van der Waals surface area contributed by atoms with Gasteiger partial charge in [-0.3, -0.25) is 10.0 Å². The highest BCUT2D eigenvalue weighted by Crippen LogP contribution is 2.30. The lowest BCUT2D eigenvalue weighted by Crippen LogP contribution is -2.45. The van der Waals surface area contributed by atoms with Crippen LogP contribution in [0.2, 0.25) is 0 Å². The molecule has 0 radical (unpaired) electrons. The van der Waals surface area contributed by atoms with E-state index in [2.05, 4.69) is 9.46 Å². The van der Waals surface area contributed by atoms with Gasteiger partial charge in [0.25, 0.3) is 5.91 Å². The van der Waals surface area contributed by atoms with Crippen molar-refractivity contribution in [1.29, 1.82) is 0 Å². The third-order valence-electron chi connectivity index (χ3n) is 5.93. The highest BCUT2D eigenvalue weighted by Gasteiger charge is 2.45. The summed E-state index contributed by atoms with van der Waals surface area (Å²) in [5, 5.41) is 9.13. The van der Waals surface area contributed by atoms with E-state index in [1.807, 2.05) is 30.3 Å². The van der Waals surface area contributed by atoms with Gasteiger partial charge in [-0.1, -0.05) is 42.5 Å². The first kappa shape index (κ1) is 28.5. The normalized spacial score (nSPS) is 18.6. The highest BCUT2D eigenvalue weighted by molar-refractivity contribution is 7.89. The van der Waals surface area contributed by atoms with E-state index in [0.29, 0.717) is 4.31 Å². The van der Waals surface area contributed by atoms with Crippen molar-refractivity contribution in [2.75, 3.05) is 6.54 Å². The number of hydrogen-bond acceptors (Lipinski definition) is 7. The third-order valence-corrected chi connectivity index (χ3v) is 9.35. The van der Waals surface area contributed by atoms with Crippen LogP contribution in [0.15, 0.2) is 88.7 Å². The van der Waals surface area contributed by atoms with Gasteiger partial charge in [0.2, 0.25) is 20.0 Å². The van der Waals surface area contributed by atoms with E-state index in [9.17, 15) is 34.8 Å². The Morgan fingerprint density at radius 3 is 2.00 bits per heavy atom. The zero-order valence-electron chi connectivity index (χ0n) is 19.9. The Labute approximate surface area is 222 Å². The van der Waals surface area contributed by atoms with Gasteiger partial charge in [-0.15, -0.1) is 13.2 Å². The summed E-state index contributed by atoms with van der Waals surface area (Å²) in [5.41, 5.74) is 3.02. The zero-order valence-corrected chi connectivity index (χ0v) is 21.5. The van der Waals surface area contributed by atoms with Crippen molar-refractivity contribution >= 4 is 26.0 Å². The van der Waals surface area contributed by atoms with E-state index in [-0.39, 0.29) is 11.3 Å². The molecule has 0 aromatic heterocycles. The second kappa shape index (κ2) is 10.9. The number of sulfonamides is 2. The molecule has 0 aliphatic carbocycles. The number of hydrogen-bond donors (Lipinski definition) is 3. The number of nitrogens with zero attached hydrogens (tertiary/aromatic N) is 1. The first-order valence-electron chi connectivity index (χ1n) is 11.3. The summed E-state index contributed by atoms with van der Waals surface area (Å²) in [7, 11) is -8.65. The molecule has 208 valence electrons. The Morgan fingerprint density at radius 1 is 0.872 bits per heavy atom. The lowest BCUT2D eigenvalue weighted by atomic mass is 10.1. The Kier molecular flexibility index (Phi) is 7.99. The van der Waals surface area contributed by atoms with Crippen molar-refractivity contribution in [3.63, 3.8) is 0 Å². The Morgan fingerprint density at radius 2 is 1.44 bits per heavy atom. The van der Waals surface area contributed by atoms with Crippen molar-refractivity contribution in [1.82, 2.24) is 14.5 Å². The second-order valence-corrected chi connectivity index (χ2v) is 12.1. The summed E-state index contributed by atoms with van der Waals surface area (Å²) in [4.78, 5) is 11.7. The summed E-state index contributed by atoms with van der Waals surface area (Å²) in [6.45, 7) is -0.484. The number of alkyl halides is 3. The molecule has 3 N–H and O–H groups in total. The number of hydroxylamine groups is 1. The summed E-state index contributed by atoms with van der Waals surface area (Å²) in [5.74, 6) is -1.76. The molecule has 3 aromatic rings. The molecular weight excluding hydrogens is 563 g/mol. The maximum atomic E-state index is 13.2. The average Bonchev–Trinajstić information content (AvgIpc) is 3.32. The minimum absolute atomic E-state index is 0.0908. The molecular formula is C24H22F3N3O7S2. The first-order chi connectivity index (χ1) is 18.3. The first-order valence-corrected chi connectivity index (χ1v) is 14.2. The largest absolute Gasteiger partial charge is 0.573 e. The molecule has 1 aliphatic heterocycles. The van der Waals surface area contributed by atoms with Crippen molar-refractivity contribution in [3.8, 4) is 16.9 Å². The fourth-order valence-electron chi connectivity index (χ4n) is 4.16. The summed E-state index contributed by atoms with van der Waals surface area (Å²) in [6, 6.07) is 16.0. The SMILES string of the molecule is O=C(NO)[C@H]1C[C@H](NS(=O)(=O)c2ccc(-c3ccccc3)cc2)CN1S(=O)(=O)c1ccc(OC(F)(F)F)cc1. The van der Waals surface area contributed by atoms with Gasteiger partial charge >= 0.3 is 6.36 Å². The van der Waals surface area contributed by atoms with E-state index in [1.165, 1.54) is 17.6 Å². The number of rotatable bonds is 8. The van der Waals surface area contributed by atoms with Gasteiger partial charge in [0, 0.05) is 12.6 Å². The van der Waals surface area contributed by atoms with Crippen LogP contribution in [0.4, 0.5) is 13.2 Å². The van der Waals surface area contributed by atoms with Crippen LogP contribution in [0.5, 0.6) is 5.75 Å². The van der Waals surface area contributed by atoms with Crippen LogP contribution in [-0.4, -0.2) is 57.2 Å². The maximum absolute atomic E-state index is 13.2. The van der Waals surface area contributed by atoms with E-state index in [4.69, 9.17) is 5.21 Å². The minimum atomic E-state index is -4.98. The van der Waals surface area contributed by atoms with Crippen molar-refractivity contribution in [2.45, 2.75) is 34.7 Å². The van der Waals surface area contributed by atoms with Crippen molar-refractivity contribution < 1.29 is 44.7 Å². The second-order valence-electron chi connectivity index (χ2n) is 8.53. The summed E-state index contributed by atoms with van der Waals surface area (Å²) >= 11 is 0. The number of halogens is 3. The summed E-state index contributed by atoms with van der Waals surface area (Å²) in [6.07, 6.45) is -5.30. The monoisotopic (exact) mass is 585 g/mol. The molecule has 1 fully saturated rings. The van der Waals surface area contributed by atoms with Crippen LogP contribution in [0.25, 0.3) is 11.1 Å². The molecule has 0 saturated carbocycles. The van der Waals surface area contributed by atoms with Crippen molar-refractivity contribution in [2.24, 2.45) is 0 Å². The van der Waals surface area contributed by atoms with E-state index < -0.39 is 61.6 Å². The molecule has 10 nitrogen and oxygen atoms in total. The van der Waals surface area contributed by atoms with Crippen LogP contribution < -0.4 is 14.9 Å². The smallest absolute Gasteiger partial charge is 0.406 e. The molecule has 1 saturated heterocycles. The lowest BCUT2D eigenvalue weighted by molar-refractivity contribution is -0.274. The number of nitrogens with one attached hydrogen (secondary N) is 2. The number of ether oxygens (including phenoxy) is 1. The Balaban J connectivity index is 1.54. The number of carbonyl (C=O) groups is 1. The molecule has 15 heteroatoms. The molecule has 1 aliphatic rings. The van der Waals surface area contributed by atoms with Gasteiger partial charge in [-0.05, 0) is 53.9 Å². The van der Waals surface area contributed by atoms with Gasteiger partial charge in [0.1, 0.15) is 11.8 Å². The van der Waals surface area contributed by atoms with Crippen LogP contribution in [0, 0.1) is 0 Å². The van der Waals surface area contributed by atoms with Gasteiger partial charge < -0.3 is 4.74 Å². The molecule has 3 aromatic carbocycles. The molecule has 0 bridgehead atoms. The summed E-state index contributed by atoms with van der Waals surface area (Å²) < 4.78 is 96.6. The van der Waals surface area contributed by atoms with Crippen LogP contribution in [0.3, 0.4) is 0 Å².